The lowest BCUT2D eigenvalue weighted by Crippen LogP contribution is -2.64. The summed E-state index contributed by atoms with van der Waals surface area (Å²) in [4.78, 5) is 25.1. The Morgan fingerprint density at radius 3 is 2.61 bits per heavy atom. The molecule has 1 unspecified atom stereocenters. The van der Waals surface area contributed by atoms with Gasteiger partial charge in [0.2, 0.25) is 12.0 Å². The minimum atomic E-state index is -1.38. The molecule has 1 fully saturated rings. The molecule has 4 radical (unpaired) electrons. The molecule has 44 heavy (non-hydrogen) atoms. The molecule has 14 heteroatoms. The molecule has 0 aliphatic carbocycles. The summed E-state index contributed by atoms with van der Waals surface area (Å²) >= 11 is 0. The number of nitrogens with zero attached hydrogens (tertiary/aromatic N) is 6. The number of aliphatic hydroxyl groups is 1. The number of carbonyl (C=O) groups is 1. The molecule has 1 saturated heterocycles. The molecule has 0 spiro atoms. The number of nitrogens with one attached hydrogen (secondary N) is 1. The van der Waals surface area contributed by atoms with Gasteiger partial charge in [-0.2, -0.15) is 5.10 Å². The Morgan fingerprint density at radius 2 is 1.98 bits per heavy atom. The van der Waals surface area contributed by atoms with Crippen LogP contribution in [0.3, 0.4) is 0 Å². The molecule has 5 rings (SSSR count). The standard InChI is InChI=1S/C30H35B2N9O3/c1-5-25-29-21(20-9-7-10-23(28(20)38(25)3)37-24(22(33)17-43)12-27(34)35-2)13-36-40(29)19-14-39(15-19)30(31,32)26-11-6-8-18(16-42)41(26)44-4/h6-13,16-17,19,25,33H,5,14-15H2,1-4H3,(H4,34,35,37,42)/p+1. The summed E-state index contributed by atoms with van der Waals surface area (Å²) in [6, 6.07) is 11.1. The van der Waals surface area contributed by atoms with Crippen molar-refractivity contribution < 1.29 is 19.5 Å². The second kappa shape index (κ2) is 12.1. The first-order chi connectivity index (χ1) is 21.1. The van der Waals surface area contributed by atoms with Gasteiger partial charge in [0, 0.05) is 66.6 Å². The Hall–Kier alpha value is -4.71. The van der Waals surface area contributed by atoms with E-state index in [0.29, 0.717) is 36.5 Å². The van der Waals surface area contributed by atoms with Crippen LogP contribution in [0.5, 0.6) is 0 Å². The van der Waals surface area contributed by atoms with Crippen molar-refractivity contribution >= 4 is 39.2 Å². The Balaban J connectivity index is 1.48. The highest BCUT2D eigenvalue weighted by Gasteiger charge is 2.46. The quantitative estimate of drug-likeness (QED) is 0.0519. The highest BCUT2D eigenvalue weighted by molar-refractivity contribution is 6.39. The number of aromatic nitrogens is 3. The highest BCUT2D eigenvalue weighted by atomic mass is 16.6. The molecule has 12 nitrogen and oxygen atoms in total. The van der Waals surface area contributed by atoms with Crippen LogP contribution in [-0.2, 0) is 5.34 Å². The molecule has 1 aromatic carbocycles. The molecule has 0 amide bonds. The van der Waals surface area contributed by atoms with Gasteiger partial charge in [-0.3, -0.25) is 19.3 Å². The summed E-state index contributed by atoms with van der Waals surface area (Å²) in [6.07, 6.45) is 5.82. The molecule has 1 atom stereocenters. The number of likely N-dealkylation sites (tertiary alicyclic amines) is 1. The van der Waals surface area contributed by atoms with Gasteiger partial charge in [-0.25, -0.2) is 0 Å². The molecule has 4 heterocycles. The van der Waals surface area contributed by atoms with Crippen molar-refractivity contribution in [2.24, 2.45) is 16.5 Å². The average molecular weight is 592 g/mol. The minimum absolute atomic E-state index is 0.0119. The number of anilines is 2. The van der Waals surface area contributed by atoms with E-state index in [0.717, 1.165) is 40.9 Å². The maximum Gasteiger partial charge on any atom is 0.297 e. The predicted octanol–water partition coefficient (Wildman–Crippen LogP) is 1.25. The first-order valence-electron chi connectivity index (χ1n) is 14.2. The number of nitrogens with two attached hydrogens (primary N) is 2. The fraction of sp³-hybridized carbons (Fsp3) is 0.333. The number of rotatable bonds is 10. The van der Waals surface area contributed by atoms with E-state index in [1.807, 2.05) is 23.2 Å². The SMILES string of the molecule is [B]C([B])(c1cccc(C=O)[n+]1OC)N1CC(n2ncc3c2C(CC)N(C)c2c(NC(=C/C(N)=NC)/C(N)=C\O)cccc2-3)C1. The van der Waals surface area contributed by atoms with Gasteiger partial charge in [0.25, 0.3) is 5.69 Å². The van der Waals surface area contributed by atoms with Crippen LogP contribution in [-0.4, -0.2) is 81.9 Å². The van der Waals surface area contributed by atoms with Crippen LogP contribution in [0.15, 0.2) is 71.3 Å². The maximum absolute atomic E-state index is 11.6. The number of aliphatic hydroxyl groups excluding tert-OH is 1. The summed E-state index contributed by atoms with van der Waals surface area (Å²) in [5.74, 6) is 0.257. The van der Waals surface area contributed by atoms with E-state index in [9.17, 15) is 9.90 Å². The monoisotopic (exact) mass is 592 g/mol. The Labute approximate surface area is 259 Å². The van der Waals surface area contributed by atoms with E-state index in [-0.39, 0.29) is 23.6 Å². The molecule has 0 saturated carbocycles. The largest absolute Gasteiger partial charge is 0.513 e. The van der Waals surface area contributed by atoms with Gasteiger partial charge in [-0.1, -0.05) is 19.1 Å². The molecule has 2 aromatic heterocycles. The molecular formula is C30H36B2N9O3+. The van der Waals surface area contributed by atoms with Gasteiger partial charge in [0.1, 0.15) is 19.2 Å². The molecule has 224 valence electrons. The number of para-hydroxylation sites is 1. The van der Waals surface area contributed by atoms with E-state index >= 15 is 0 Å². The number of amidine groups is 1. The molecule has 2 aliphatic rings. The molecule has 3 aromatic rings. The zero-order valence-corrected chi connectivity index (χ0v) is 25.3. The van der Waals surface area contributed by atoms with Crippen LogP contribution < -0.4 is 31.3 Å². The molecule has 2 aliphatic heterocycles. The lowest BCUT2D eigenvalue weighted by molar-refractivity contribution is -0.892. The number of aldehydes is 1. The van der Waals surface area contributed by atoms with E-state index in [2.05, 4.69) is 39.9 Å². The number of pyridine rings is 1. The number of carbonyl (C=O) groups excluding carboxylic acids is 1. The summed E-state index contributed by atoms with van der Waals surface area (Å²) in [6.45, 7) is 3.24. The zero-order valence-electron chi connectivity index (χ0n) is 25.3. The smallest absolute Gasteiger partial charge is 0.297 e. The Kier molecular flexibility index (Phi) is 8.46. The summed E-state index contributed by atoms with van der Waals surface area (Å²) in [7, 11) is 18.4. The maximum atomic E-state index is 11.6. The topological polar surface area (TPSA) is 151 Å². The van der Waals surface area contributed by atoms with E-state index in [4.69, 9.17) is 37.1 Å². The van der Waals surface area contributed by atoms with E-state index in [1.54, 1.807) is 31.3 Å². The van der Waals surface area contributed by atoms with Crippen molar-refractivity contribution in [2.45, 2.75) is 30.8 Å². The second-order valence-corrected chi connectivity index (χ2v) is 10.9. The van der Waals surface area contributed by atoms with Crippen molar-refractivity contribution in [3.63, 3.8) is 0 Å². The minimum Gasteiger partial charge on any atom is -0.513 e. The zero-order chi connectivity index (χ0) is 31.8. The summed E-state index contributed by atoms with van der Waals surface area (Å²) in [5, 5.41) is 16.5. The first kappa shape index (κ1) is 30.7. The van der Waals surface area contributed by atoms with Gasteiger partial charge in [0.05, 0.1) is 62.4 Å². The second-order valence-electron chi connectivity index (χ2n) is 10.9. The van der Waals surface area contributed by atoms with E-state index in [1.165, 1.54) is 11.8 Å². The van der Waals surface area contributed by atoms with Crippen LogP contribution in [0.2, 0.25) is 0 Å². The van der Waals surface area contributed by atoms with Gasteiger partial charge < -0.3 is 31.7 Å². The van der Waals surface area contributed by atoms with Crippen molar-refractivity contribution in [1.82, 2.24) is 14.7 Å². The summed E-state index contributed by atoms with van der Waals surface area (Å²) in [5.41, 5.74) is 18.2. The number of aliphatic imine (C=N–C) groups is 1. The number of benzene rings is 1. The molecule has 6 N–H and O–H groups in total. The number of hydrogen-bond acceptors (Lipinski definition) is 9. The van der Waals surface area contributed by atoms with Gasteiger partial charge in [0.15, 0.2) is 0 Å². The van der Waals surface area contributed by atoms with Crippen molar-refractivity contribution in [1.29, 1.82) is 0 Å². The predicted molar refractivity (Wildman–Crippen MR) is 172 cm³/mol. The fourth-order valence-electron chi connectivity index (χ4n) is 6.04. The van der Waals surface area contributed by atoms with Crippen LogP contribution >= 0.6 is 0 Å². The Morgan fingerprint density at radius 1 is 1.25 bits per heavy atom. The van der Waals surface area contributed by atoms with Crippen LogP contribution in [0.4, 0.5) is 11.4 Å². The van der Waals surface area contributed by atoms with Gasteiger partial charge in [-0.05, 0) is 18.6 Å². The third-order valence-electron chi connectivity index (χ3n) is 8.37. The number of fused-ring (bicyclic) bond motifs is 3. The average Bonchev–Trinajstić information content (AvgIpc) is 3.43. The third-order valence-corrected chi connectivity index (χ3v) is 8.37. The van der Waals surface area contributed by atoms with Crippen molar-refractivity contribution in [2.75, 3.05) is 44.5 Å². The van der Waals surface area contributed by atoms with E-state index < -0.39 is 5.34 Å². The number of hydrogen-bond donors (Lipinski definition) is 4. The Bertz CT molecular complexity index is 1660. The van der Waals surface area contributed by atoms with Crippen LogP contribution in [0, 0.1) is 0 Å². The fourth-order valence-corrected chi connectivity index (χ4v) is 6.04. The lowest BCUT2D eigenvalue weighted by atomic mass is 9.57. The highest BCUT2D eigenvalue weighted by Crippen LogP contribution is 2.49. The van der Waals surface area contributed by atoms with Crippen molar-refractivity contribution in [3.05, 3.63) is 83.4 Å². The van der Waals surface area contributed by atoms with Gasteiger partial charge >= 0.3 is 0 Å². The molecular weight excluding hydrogens is 556 g/mol. The summed E-state index contributed by atoms with van der Waals surface area (Å²) < 4.78 is 3.44. The lowest BCUT2D eigenvalue weighted by Gasteiger charge is -2.49. The van der Waals surface area contributed by atoms with Crippen molar-refractivity contribution in [3.8, 4) is 11.1 Å². The normalized spacial score (nSPS) is 18.0. The first-order valence-corrected chi connectivity index (χ1v) is 14.2. The van der Waals surface area contributed by atoms with Gasteiger partial charge in [-0.15, -0.1) is 0 Å². The molecule has 0 bridgehead atoms. The van der Waals surface area contributed by atoms with Crippen LogP contribution in [0.1, 0.15) is 47.3 Å². The third kappa shape index (κ3) is 5.08. The van der Waals surface area contributed by atoms with Crippen LogP contribution in [0.25, 0.3) is 11.1 Å².